The number of likely N-dealkylation sites (tertiary alicyclic amines) is 3. The lowest BCUT2D eigenvalue weighted by Crippen LogP contribution is -2.49. The van der Waals surface area contributed by atoms with E-state index in [4.69, 9.17) is 0 Å². The molecule has 0 unspecified atom stereocenters. The molecule has 148 valence electrons. The van der Waals surface area contributed by atoms with Crippen molar-refractivity contribution in [1.82, 2.24) is 20.0 Å². The number of urea groups is 1. The summed E-state index contributed by atoms with van der Waals surface area (Å²) in [5, 5.41) is 13.6. The molecule has 0 saturated carbocycles. The van der Waals surface area contributed by atoms with Crippen LogP contribution in [0.2, 0.25) is 0 Å². The highest BCUT2D eigenvalue weighted by atomic mass is 16.3. The summed E-state index contributed by atoms with van der Waals surface area (Å²) < 4.78 is 0. The molecule has 3 saturated heterocycles. The largest absolute Gasteiger partial charge is 0.390 e. The highest BCUT2D eigenvalue weighted by molar-refractivity contribution is 5.75. The van der Waals surface area contributed by atoms with Crippen LogP contribution in [0.1, 0.15) is 31.2 Å². The molecule has 27 heavy (non-hydrogen) atoms. The summed E-state index contributed by atoms with van der Waals surface area (Å²) in [5.74, 6) is 0. The third kappa shape index (κ3) is 4.62. The second-order valence-corrected chi connectivity index (χ2v) is 8.27. The van der Waals surface area contributed by atoms with Crippen LogP contribution in [0.4, 0.5) is 4.79 Å². The first-order valence-corrected chi connectivity index (χ1v) is 10.4. The predicted molar refractivity (Wildman–Crippen MR) is 105 cm³/mol. The number of nitrogens with one attached hydrogen (secondary N) is 1. The van der Waals surface area contributed by atoms with E-state index in [1.807, 2.05) is 4.90 Å². The summed E-state index contributed by atoms with van der Waals surface area (Å²) in [4.78, 5) is 19.3. The molecule has 1 aromatic rings. The highest BCUT2D eigenvalue weighted by Gasteiger charge is 2.38. The Hall–Kier alpha value is -1.63. The quantitative estimate of drug-likeness (QED) is 0.841. The topological polar surface area (TPSA) is 59.1 Å². The van der Waals surface area contributed by atoms with Gasteiger partial charge in [-0.25, -0.2) is 4.79 Å². The molecule has 0 bridgehead atoms. The Balaban J connectivity index is 1.21. The van der Waals surface area contributed by atoms with E-state index in [9.17, 15) is 9.90 Å². The number of piperidine rings is 1. The summed E-state index contributed by atoms with van der Waals surface area (Å²) in [7, 11) is 0. The van der Waals surface area contributed by atoms with Gasteiger partial charge in [0.05, 0.1) is 12.1 Å². The van der Waals surface area contributed by atoms with E-state index in [2.05, 4.69) is 45.4 Å². The Morgan fingerprint density at radius 2 is 1.74 bits per heavy atom. The lowest BCUT2D eigenvalue weighted by Gasteiger charge is -2.33. The normalized spacial score (nSPS) is 28.0. The molecule has 3 aliphatic rings. The number of β-amino-alcohol motifs (C(OH)–C–C–N with tert-alkyl or cyclic N) is 1. The maximum absolute atomic E-state index is 12.7. The first-order chi connectivity index (χ1) is 13.2. The van der Waals surface area contributed by atoms with E-state index in [0.717, 1.165) is 45.6 Å². The molecule has 0 aliphatic carbocycles. The summed E-state index contributed by atoms with van der Waals surface area (Å²) in [6.07, 6.45) is 3.98. The molecule has 6 nitrogen and oxygen atoms in total. The van der Waals surface area contributed by atoms with Crippen molar-refractivity contribution in [3.05, 3.63) is 35.9 Å². The predicted octanol–water partition coefficient (Wildman–Crippen LogP) is 1.50. The van der Waals surface area contributed by atoms with Crippen molar-refractivity contribution in [2.75, 3.05) is 39.3 Å². The zero-order chi connectivity index (χ0) is 18.6. The van der Waals surface area contributed by atoms with Gasteiger partial charge in [-0.15, -0.1) is 0 Å². The summed E-state index contributed by atoms with van der Waals surface area (Å²) >= 11 is 0. The fourth-order valence-electron chi connectivity index (χ4n) is 4.71. The van der Waals surface area contributed by atoms with Crippen molar-refractivity contribution < 1.29 is 9.90 Å². The van der Waals surface area contributed by atoms with Gasteiger partial charge in [-0.05, 0) is 44.3 Å². The number of carbonyl (C=O) groups excluding carboxylic acids is 1. The van der Waals surface area contributed by atoms with E-state index in [1.165, 1.54) is 18.4 Å². The van der Waals surface area contributed by atoms with E-state index in [0.29, 0.717) is 13.1 Å². The minimum atomic E-state index is -0.415. The molecular weight excluding hydrogens is 340 g/mol. The number of rotatable bonds is 4. The Morgan fingerprint density at radius 3 is 2.44 bits per heavy atom. The molecule has 4 rings (SSSR count). The highest BCUT2D eigenvalue weighted by Crippen LogP contribution is 2.21. The summed E-state index contributed by atoms with van der Waals surface area (Å²) in [6, 6.07) is 10.9. The first-order valence-electron chi connectivity index (χ1n) is 10.4. The van der Waals surface area contributed by atoms with Crippen LogP contribution in [0.3, 0.4) is 0 Å². The molecular formula is C21H32N4O2. The van der Waals surface area contributed by atoms with Crippen molar-refractivity contribution in [3.63, 3.8) is 0 Å². The Bertz CT molecular complexity index is 612. The molecule has 2 N–H and O–H groups in total. The second-order valence-electron chi connectivity index (χ2n) is 8.27. The zero-order valence-electron chi connectivity index (χ0n) is 16.1. The molecule has 2 amide bonds. The number of amides is 2. The van der Waals surface area contributed by atoms with Crippen LogP contribution in [-0.4, -0.2) is 83.3 Å². The maximum Gasteiger partial charge on any atom is 0.317 e. The van der Waals surface area contributed by atoms with Crippen LogP contribution in [0.25, 0.3) is 0 Å². The average molecular weight is 373 g/mol. The monoisotopic (exact) mass is 372 g/mol. The Labute approximate surface area is 162 Å². The molecule has 0 radical (unpaired) electrons. The van der Waals surface area contributed by atoms with Crippen molar-refractivity contribution in [2.24, 2.45) is 0 Å². The van der Waals surface area contributed by atoms with Crippen molar-refractivity contribution in [2.45, 2.75) is 50.4 Å². The molecule has 6 heteroatoms. The van der Waals surface area contributed by atoms with E-state index < -0.39 is 6.10 Å². The molecule has 2 atom stereocenters. The van der Waals surface area contributed by atoms with Crippen molar-refractivity contribution in [1.29, 1.82) is 0 Å². The summed E-state index contributed by atoms with van der Waals surface area (Å²) in [6.45, 7) is 6.23. The molecule has 0 aromatic heterocycles. The number of carbonyl (C=O) groups is 1. The molecule has 3 aliphatic heterocycles. The zero-order valence-corrected chi connectivity index (χ0v) is 16.1. The van der Waals surface area contributed by atoms with Gasteiger partial charge in [0, 0.05) is 38.8 Å². The van der Waals surface area contributed by atoms with Crippen molar-refractivity contribution in [3.8, 4) is 0 Å². The molecule has 1 aromatic carbocycles. The lowest BCUT2D eigenvalue weighted by molar-refractivity contribution is 0.0979. The van der Waals surface area contributed by atoms with Gasteiger partial charge in [0.1, 0.15) is 0 Å². The Morgan fingerprint density at radius 1 is 1.04 bits per heavy atom. The molecule has 3 fully saturated rings. The minimum Gasteiger partial charge on any atom is -0.390 e. The fraction of sp³-hybridized carbons (Fsp3) is 0.667. The standard InChI is InChI=1S/C21H32N4O2/c26-20-16-25(15-19(20)24-10-4-5-11-24)21(27)22-18-8-12-23(13-9-18)14-17-6-2-1-3-7-17/h1-3,6-7,18-20,26H,4-5,8-16H2,(H,22,27)/t19-,20-/m0/s1. The average Bonchev–Trinajstić information content (AvgIpc) is 3.34. The first kappa shape index (κ1) is 18.7. The van der Waals surface area contributed by atoms with Crippen LogP contribution in [0.15, 0.2) is 30.3 Å². The van der Waals surface area contributed by atoms with E-state index in [-0.39, 0.29) is 18.1 Å². The van der Waals surface area contributed by atoms with Gasteiger partial charge >= 0.3 is 6.03 Å². The van der Waals surface area contributed by atoms with E-state index >= 15 is 0 Å². The van der Waals surface area contributed by atoms with Gasteiger partial charge in [-0.1, -0.05) is 30.3 Å². The third-order valence-corrected chi connectivity index (χ3v) is 6.32. The number of nitrogens with zero attached hydrogens (tertiary/aromatic N) is 3. The van der Waals surface area contributed by atoms with Gasteiger partial charge in [0.15, 0.2) is 0 Å². The SMILES string of the molecule is O=C(NC1CCN(Cc2ccccc2)CC1)N1C[C@H](O)[C@@H](N2CCCC2)C1. The van der Waals surface area contributed by atoms with Crippen molar-refractivity contribution >= 4 is 6.03 Å². The van der Waals surface area contributed by atoms with Gasteiger partial charge < -0.3 is 15.3 Å². The van der Waals surface area contributed by atoms with Gasteiger partial charge in [0.25, 0.3) is 0 Å². The molecule has 3 heterocycles. The number of aliphatic hydroxyl groups is 1. The minimum absolute atomic E-state index is 0.00254. The van der Waals surface area contributed by atoms with Gasteiger partial charge in [-0.2, -0.15) is 0 Å². The van der Waals surface area contributed by atoms with Gasteiger partial charge in [0.2, 0.25) is 0 Å². The van der Waals surface area contributed by atoms with Crippen LogP contribution in [0.5, 0.6) is 0 Å². The van der Waals surface area contributed by atoms with E-state index in [1.54, 1.807) is 0 Å². The second kappa shape index (κ2) is 8.59. The number of benzene rings is 1. The van der Waals surface area contributed by atoms with Gasteiger partial charge in [-0.3, -0.25) is 9.80 Å². The number of hydrogen-bond acceptors (Lipinski definition) is 4. The lowest BCUT2D eigenvalue weighted by atomic mass is 10.0. The number of aliphatic hydroxyl groups excluding tert-OH is 1. The van der Waals surface area contributed by atoms with Crippen LogP contribution >= 0.6 is 0 Å². The summed E-state index contributed by atoms with van der Waals surface area (Å²) in [5.41, 5.74) is 1.35. The smallest absolute Gasteiger partial charge is 0.317 e. The van der Waals surface area contributed by atoms with Crippen LogP contribution in [-0.2, 0) is 6.54 Å². The maximum atomic E-state index is 12.7. The van der Waals surface area contributed by atoms with Crippen LogP contribution in [0, 0.1) is 0 Å². The number of hydrogen-bond donors (Lipinski definition) is 2. The third-order valence-electron chi connectivity index (χ3n) is 6.32. The molecule has 0 spiro atoms. The fourth-order valence-corrected chi connectivity index (χ4v) is 4.71. The van der Waals surface area contributed by atoms with Crippen LogP contribution < -0.4 is 5.32 Å². The Kier molecular flexibility index (Phi) is 5.95.